The number of ether oxygens (including phenoxy) is 2. The highest BCUT2D eigenvalue weighted by Crippen LogP contribution is 2.39. The predicted octanol–water partition coefficient (Wildman–Crippen LogP) is 5.74. The minimum absolute atomic E-state index is 0.0595. The molecule has 1 saturated heterocycles. The Morgan fingerprint density at radius 1 is 0.933 bits per heavy atom. The predicted molar refractivity (Wildman–Crippen MR) is 229 cm³/mol. The van der Waals surface area contributed by atoms with E-state index in [0.29, 0.717) is 78.2 Å². The van der Waals surface area contributed by atoms with Crippen molar-refractivity contribution in [2.24, 2.45) is 11.3 Å². The number of Topliss-reactive ketones (excluding diaryl/α,β-unsaturated/α-hetero) is 2. The molecule has 2 aromatic heterocycles. The summed E-state index contributed by atoms with van der Waals surface area (Å²) in [6, 6.07) is 17.0. The summed E-state index contributed by atoms with van der Waals surface area (Å²) in [6.07, 6.45) is 6.63. The van der Waals surface area contributed by atoms with E-state index in [1.54, 1.807) is 48.1 Å². The van der Waals surface area contributed by atoms with Gasteiger partial charge in [-0.25, -0.2) is 15.0 Å². The van der Waals surface area contributed by atoms with Gasteiger partial charge in [0.25, 0.3) is 0 Å². The van der Waals surface area contributed by atoms with Crippen molar-refractivity contribution in [3.05, 3.63) is 101 Å². The Kier molecular flexibility index (Phi) is 14.3. The van der Waals surface area contributed by atoms with Gasteiger partial charge in [0.2, 0.25) is 11.8 Å². The molecule has 14 heteroatoms. The van der Waals surface area contributed by atoms with Crippen molar-refractivity contribution in [2.75, 3.05) is 25.9 Å². The number of nitrogens with zero attached hydrogens (tertiary/aromatic N) is 4. The molecule has 1 fully saturated rings. The average Bonchev–Trinajstić information content (AvgIpc) is 3.89. The Hall–Kier alpha value is -5.73. The molecular weight excluding hydrogens is 761 g/mol. The molecule has 0 radical (unpaired) electrons. The number of nitrogens with one attached hydrogen (secondary N) is 3. The third-order valence-corrected chi connectivity index (χ3v) is 11.8. The van der Waals surface area contributed by atoms with Crippen molar-refractivity contribution < 1.29 is 28.7 Å². The van der Waals surface area contributed by atoms with Gasteiger partial charge in [-0.3, -0.25) is 23.7 Å². The molecule has 1 unspecified atom stereocenters. The molecule has 2 aromatic carbocycles. The topological polar surface area (TPSA) is 192 Å². The minimum atomic E-state index is -0.961. The second kappa shape index (κ2) is 19.6. The summed E-state index contributed by atoms with van der Waals surface area (Å²) in [7, 11) is 1.62. The normalized spacial score (nSPS) is 18.2. The maximum Gasteiger partial charge on any atom is 0.242 e. The zero-order chi connectivity index (χ0) is 43.0. The lowest BCUT2D eigenvalue weighted by molar-refractivity contribution is -0.130. The second-order valence-electron chi connectivity index (χ2n) is 16.6. The van der Waals surface area contributed by atoms with Crippen molar-refractivity contribution >= 4 is 40.4 Å². The van der Waals surface area contributed by atoms with Crippen molar-refractivity contribution in [3.63, 3.8) is 0 Å². The van der Waals surface area contributed by atoms with E-state index >= 15 is 0 Å². The Balaban J connectivity index is 1.16. The molecule has 5 N–H and O–H groups in total. The molecule has 6 rings (SSSR count). The summed E-state index contributed by atoms with van der Waals surface area (Å²) in [5, 5.41) is 9.71. The van der Waals surface area contributed by atoms with Crippen molar-refractivity contribution in [1.29, 1.82) is 0 Å². The van der Waals surface area contributed by atoms with Crippen LogP contribution in [0.3, 0.4) is 0 Å². The summed E-state index contributed by atoms with van der Waals surface area (Å²) in [5.41, 5.74) is 9.96. The Morgan fingerprint density at radius 3 is 2.40 bits per heavy atom. The quantitative estimate of drug-likeness (QED) is 0.0845. The van der Waals surface area contributed by atoms with Gasteiger partial charge in [0, 0.05) is 47.2 Å². The monoisotopic (exact) mass is 818 g/mol. The average molecular weight is 819 g/mol. The van der Waals surface area contributed by atoms with Gasteiger partial charge < -0.3 is 31.2 Å². The van der Waals surface area contributed by atoms with E-state index in [1.807, 2.05) is 47.0 Å². The summed E-state index contributed by atoms with van der Waals surface area (Å²) in [5.74, 6) is 0.0838. The highest BCUT2D eigenvalue weighted by molar-refractivity contribution is 6.25. The van der Waals surface area contributed by atoms with Gasteiger partial charge in [0.05, 0.1) is 19.5 Å². The smallest absolute Gasteiger partial charge is 0.242 e. The first-order valence-corrected chi connectivity index (χ1v) is 20.8. The number of carbonyl (C=O) groups excluding carboxylic acids is 4. The van der Waals surface area contributed by atoms with Gasteiger partial charge in [-0.15, -0.1) is 0 Å². The van der Waals surface area contributed by atoms with Crippen LogP contribution < -0.4 is 26.4 Å². The Morgan fingerprint density at radius 2 is 1.67 bits per heavy atom. The third kappa shape index (κ3) is 10.5. The molecule has 4 aromatic rings. The van der Waals surface area contributed by atoms with Crippen molar-refractivity contribution in [1.82, 2.24) is 35.5 Å². The molecule has 2 amide bonds. The van der Waals surface area contributed by atoms with Crippen LogP contribution in [0.25, 0.3) is 11.2 Å². The third-order valence-electron chi connectivity index (χ3n) is 11.8. The van der Waals surface area contributed by atoms with Gasteiger partial charge in [-0.1, -0.05) is 56.3 Å². The Labute approximate surface area is 351 Å². The number of carbonyl (C=O) groups is 4. The van der Waals surface area contributed by atoms with E-state index in [-0.39, 0.29) is 48.1 Å². The zero-order valence-corrected chi connectivity index (χ0v) is 35.5. The molecule has 4 atom stereocenters. The summed E-state index contributed by atoms with van der Waals surface area (Å²) < 4.78 is 13.8. The van der Waals surface area contributed by atoms with Crippen LogP contribution in [0.15, 0.2) is 89.5 Å². The lowest BCUT2D eigenvalue weighted by Gasteiger charge is -2.32. The maximum absolute atomic E-state index is 14.0. The van der Waals surface area contributed by atoms with E-state index in [0.717, 1.165) is 36.1 Å². The molecular formula is C46H58N8O6. The summed E-state index contributed by atoms with van der Waals surface area (Å²) in [4.78, 5) is 67.3. The number of imidazole rings is 1. The SMILES string of the molecule is COc1ccc(CCNC(=O)C(CC[C@H](CNCc2ccccc2)C[C@@H]2CC[C@H](n3cnc4c(N)ncnc43)O2)NC(=O)CC(C)(C)C2=C(C)C(=O)C(C)=C(C)C2=O)cc1. The lowest BCUT2D eigenvalue weighted by atomic mass is 9.71. The number of hydrogen-bond donors (Lipinski definition) is 4. The lowest BCUT2D eigenvalue weighted by Crippen LogP contribution is -2.48. The first-order chi connectivity index (χ1) is 28.7. The van der Waals surface area contributed by atoms with Crippen LogP contribution in [0.2, 0.25) is 0 Å². The molecule has 14 nitrogen and oxygen atoms in total. The number of nitrogen functional groups attached to an aromatic ring is 1. The number of amides is 2. The molecule has 3 heterocycles. The van der Waals surface area contributed by atoms with Gasteiger partial charge in [-0.2, -0.15) is 0 Å². The maximum atomic E-state index is 14.0. The molecule has 0 saturated carbocycles. The van der Waals surface area contributed by atoms with Crippen LogP contribution in [0, 0.1) is 11.3 Å². The Bertz CT molecular complexity index is 2250. The van der Waals surface area contributed by atoms with Crippen LogP contribution in [0.5, 0.6) is 5.75 Å². The number of fused-ring (bicyclic) bond motifs is 1. The number of methoxy groups -OCH3 is 1. The van der Waals surface area contributed by atoms with Crippen molar-refractivity contribution in [3.8, 4) is 5.75 Å². The van der Waals surface area contributed by atoms with E-state index in [4.69, 9.17) is 15.2 Å². The first kappa shape index (κ1) is 43.8. The van der Waals surface area contributed by atoms with Crippen LogP contribution in [-0.2, 0) is 36.9 Å². The number of anilines is 1. The van der Waals surface area contributed by atoms with Gasteiger partial charge in [-0.05, 0) is 95.0 Å². The van der Waals surface area contributed by atoms with E-state index in [2.05, 4.69) is 43.0 Å². The highest BCUT2D eigenvalue weighted by Gasteiger charge is 2.39. The number of aromatic nitrogens is 4. The number of benzene rings is 2. The van der Waals surface area contributed by atoms with Crippen LogP contribution >= 0.6 is 0 Å². The number of ketones is 2. The molecule has 2 aliphatic rings. The summed E-state index contributed by atoms with van der Waals surface area (Å²) >= 11 is 0. The summed E-state index contributed by atoms with van der Waals surface area (Å²) in [6.45, 7) is 10.3. The number of hydrogen-bond acceptors (Lipinski definition) is 11. The van der Waals surface area contributed by atoms with Gasteiger partial charge in [0.1, 0.15) is 29.9 Å². The van der Waals surface area contributed by atoms with Crippen molar-refractivity contribution in [2.45, 2.75) is 104 Å². The van der Waals surface area contributed by atoms with Crippen LogP contribution in [-0.4, -0.2) is 75.2 Å². The van der Waals surface area contributed by atoms with E-state index in [1.165, 1.54) is 6.33 Å². The minimum Gasteiger partial charge on any atom is -0.497 e. The zero-order valence-electron chi connectivity index (χ0n) is 35.5. The van der Waals surface area contributed by atoms with Crippen LogP contribution in [0.4, 0.5) is 5.82 Å². The second-order valence-corrected chi connectivity index (χ2v) is 16.6. The molecule has 60 heavy (non-hydrogen) atoms. The van der Waals surface area contributed by atoms with Gasteiger partial charge >= 0.3 is 0 Å². The molecule has 1 aliphatic carbocycles. The number of allylic oxidation sites excluding steroid dienone is 4. The van der Waals surface area contributed by atoms with E-state index in [9.17, 15) is 19.2 Å². The molecule has 1 aliphatic heterocycles. The van der Waals surface area contributed by atoms with E-state index < -0.39 is 11.5 Å². The molecule has 318 valence electrons. The molecule has 0 bridgehead atoms. The fourth-order valence-electron chi connectivity index (χ4n) is 8.40. The number of nitrogens with two attached hydrogens (primary N) is 1. The van der Waals surface area contributed by atoms with Crippen LogP contribution in [0.1, 0.15) is 90.5 Å². The standard InChI is InChI=1S/C46H58N8O6/c1-28-29(2)42(57)39(30(3)41(28)56)46(4,5)23-37(55)53-36(45(58)49-21-20-31-12-15-34(59-6)16-13-31)18-14-33(25-48-24-32-10-8-7-9-11-32)22-35-17-19-38(60-35)54-27-52-40-43(47)50-26-51-44(40)54/h7-13,15-16,26-27,33,35-36,38,48H,14,17-25H2,1-6H3,(H,49,58)(H,53,55)(H2,47,50,51)/t33-,35-,36?,38+/m0/s1. The molecule has 0 spiro atoms. The fraction of sp³-hybridized carbons (Fsp3) is 0.457. The highest BCUT2D eigenvalue weighted by atomic mass is 16.5. The van der Waals surface area contributed by atoms with Gasteiger partial charge in [0.15, 0.2) is 23.0 Å². The fourth-order valence-corrected chi connectivity index (χ4v) is 8.40. The first-order valence-electron chi connectivity index (χ1n) is 20.8. The number of rotatable bonds is 19. The largest absolute Gasteiger partial charge is 0.497 e.